The second-order valence-electron chi connectivity index (χ2n) is 5.58. The molecule has 0 spiro atoms. The maximum atomic E-state index is 13.1. The lowest BCUT2D eigenvalue weighted by Crippen LogP contribution is -2.34. The van der Waals surface area contributed by atoms with Crippen molar-refractivity contribution in [1.82, 2.24) is 10.3 Å². The zero-order chi connectivity index (χ0) is 16.4. The van der Waals surface area contributed by atoms with Gasteiger partial charge in [0.2, 0.25) is 0 Å². The average Bonchev–Trinajstić information content (AvgIpc) is 3.00. The van der Waals surface area contributed by atoms with Crippen molar-refractivity contribution in [3.8, 4) is 0 Å². The molecule has 0 saturated heterocycles. The molecule has 2 aromatic carbocycles. The molecule has 3 nitrogen and oxygen atoms in total. The number of halogens is 1. The van der Waals surface area contributed by atoms with Crippen molar-refractivity contribution in [3.63, 3.8) is 0 Å². The molecular formula is C18H18FN3S. The molecule has 1 aliphatic heterocycles. The van der Waals surface area contributed by atoms with Crippen LogP contribution in [0.4, 0.5) is 4.39 Å². The third kappa shape index (κ3) is 3.24. The molecule has 0 amide bonds. The predicted molar refractivity (Wildman–Crippen MR) is 95.0 cm³/mol. The highest BCUT2D eigenvalue weighted by Crippen LogP contribution is 2.32. The van der Waals surface area contributed by atoms with Crippen molar-refractivity contribution in [1.29, 1.82) is 0 Å². The topological polar surface area (TPSA) is 27.6 Å². The number of hydrogen-bond acceptors (Lipinski definition) is 2. The second-order valence-corrected chi connectivity index (χ2v) is 5.97. The van der Waals surface area contributed by atoms with Crippen LogP contribution in [0, 0.1) is 12.7 Å². The lowest BCUT2D eigenvalue weighted by atomic mass is 9.98. The summed E-state index contributed by atoms with van der Waals surface area (Å²) in [7, 11) is 1.79. The van der Waals surface area contributed by atoms with Crippen molar-refractivity contribution in [2.45, 2.75) is 19.4 Å². The molecule has 0 aromatic heterocycles. The Balaban J connectivity index is 1.93. The molecule has 23 heavy (non-hydrogen) atoms. The highest BCUT2D eigenvalue weighted by atomic mass is 32.1. The van der Waals surface area contributed by atoms with E-state index >= 15 is 0 Å². The number of aryl methyl sites for hydroxylation is 1. The van der Waals surface area contributed by atoms with Crippen LogP contribution in [0.1, 0.15) is 29.2 Å². The van der Waals surface area contributed by atoms with E-state index in [-0.39, 0.29) is 11.9 Å². The summed E-state index contributed by atoms with van der Waals surface area (Å²) in [4.78, 5) is 0. The molecular weight excluding hydrogens is 309 g/mol. The fourth-order valence-electron chi connectivity index (χ4n) is 2.68. The Morgan fingerprint density at radius 3 is 2.43 bits per heavy atom. The molecule has 118 valence electrons. The van der Waals surface area contributed by atoms with Crippen LogP contribution in [0.5, 0.6) is 0 Å². The largest absolute Gasteiger partial charge is 0.364 e. The van der Waals surface area contributed by atoms with Crippen molar-refractivity contribution in [2.24, 2.45) is 5.10 Å². The molecule has 1 aliphatic rings. The van der Waals surface area contributed by atoms with Gasteiger partial charge >= 0.3 is 0 Å². The summed E-state index contributed by atoms with van der Waals surface area (Å²) in [5.74, 6) is -0.245. The van der Waals surface area contributed by atoms with Crippen LogP contribution in [0.3, 0.4) is 0 Å². The number of benzene rings is 2. The van der Waals surface area contributed by atoms with Gasteiger partial charge in [0.05, 0.1) is 11.8 Å². The summed E-state index contributed by atoms with van der Waals surface area (Å²) in [5.41, 5.74) is 4.21. The Bertz CT molecular complexity index is 738. The van der Waals surface area contributed by atoms with Crippen LogP contribution in [-0.4, -0.2) is 22.9 Å². The Morgan fingerprint density at radius 2 is 1.83 bits per heavy atom. The van der Waals surface area contributed by atoms with E-state index in [1.807, 2.05) is 5.01 Å². The summed E-state index contributed by atoms with van der Waals surface area (Å²) in [5, 5.41) is 10.1. The average molecular weight is 327 g/mol. The lowest BCUT2D eigenvalue weighted by Gasteiger charge is -2.23. The quantitative estimate of drug-likeness (QED) is 0.851. The Hall–Kier alpha value is -2.27. The molecule has 0 bridgehead atoms. The van der Waals surface area contributed by atoms with E-state index < -0.39 is 0 Å². The van der Waals surface area contributed by atoms with Crippen LogP contribution in [0.2, 0.25) is 0 Å². The molecule has 5 heteroatoms. The summed E-state index contributed by atoms with van der Waals surface area (Å²) in [6.45, 7) is 2.06. The predicted octanol–water partition coefficient (Wildman–Crippen LogP) is 3.79. The summed E-state index contributed by atoms with van der Waals surface area (Å²) >= 11 is 5.39. The van der Waals surface area contributed by atoms with Crippen molar-refractivity contribution >= 4 is 23.0 Å². The van der Waals surface area contributed by atoms with Gasteiger partial charge in [-0.05, 0) is 42.4 Å². The molecule has 1 unspecified atom stereocenters. The summed E-state index contributed by atoms with van der Waals surface area (Å²) in [6.07, 6.45) is 0.733. The molecule has 0 saturated carbocycles. The van der Waals surface area contributed by atoms with E-state index in [2.05, 4.69) is 41.6 Å². The number of nitrogens with one attached hydrogen (secondary N) is 1. The van der Waals surface area contributed by atoms with Crippen LogP contribution in [0.25, 0.3) is 0 Å². The third-order valence-electron chi connectivity index (χ3n) is 3.97. The Kier molecular flexibility index (Phi) is 4.39. The summed E-state index contributed by atoms with van der Waals surface area (Å²) in [6, 6.07) is 14.9. The van der Waals surface area contributed by atoms with E-state index in [4.69, 9.17) is 12.2 Å². The third-order valence-corrected chi connectivity index (χ3v) is 4.36. The monoisotopic (exact) mass is 327 g/mol. The molecule has 3 rings (SSSR count). The van der Waals surface area contributed by atoms with Crippen LogP contribution in [0.15, 0.2) is 53.6 Å². The van der Waals surface area contributed by atoms with Gasteiger partial charge in [-0.15, -0.1) is 0 Å². The molecule has 1 N–H and O–H groups in total. The molecule has 0 aliphatic carbocycles. The first kappa shape index (κ1) is 15.6. The van der Waals surface area contributed by atoms with E-state index in [0.717, 1.165) is 23.3 Å². The highest BCUT2D eigenvalue weighted by Gasteiger charge is 2.30. The van der Waals surface area contributed by atoms with Gasteiger partial charge in [0.15, 0.2) is 5.11 Å². The van der Waals surface area contributed by atoms with Gasteiger partial charge in [0, 0.05) is 13.5 Å². The van der Waals surface area contributed by atoms with Crippen LogP contribution in [-0.2, 0) is 0 Å². The fraction of sp³-hybridized carbons (Fsp3) is 0.222. The Labute approximate surface area is 140 Å². The van der Waals surface area contributed by atoms with Gasteiger partial charge in [-0.3, -0.25) is 0 Å². The van der Waals surface area contributed by atoms with Gasteiger partial charge in [0.1, 0.15) is 5.82 Å². The minimum Gasteiger partial charge on any atom is -0.364 e. The second kappa shape index (κ2) is 6.46. The maximum absolute atomic E-state index is 13.1. The van der Waals surface area contributed by atoms with Gasteiger partial charge < -0.3 is 5.32 Å². The van der Waals surface area contributed by atoms with Crippen molar-refractivity contribution in [2.75, 3.05) is 7.05 Å². The van der Waals surface area contributed by atoms with Gasteiger partial charge in [-0.25, -0.2) is 9.40 Å². The molecule has 0 fully saturated rings. The highest BCUT2D eigenvalue weighted by molar-refractivity contribution is 7.80. The smallest absolute Gasteiger partial charge is 0.189 e. The minimum atomic E-state index is -0.245. The van der Waals surface area contributed by atoms with E-state index in [1.54, 1.807) is 19.2 Å². The Morgan fingerprint density at radius 1 is 1.17 bits per heavy atom. The van der Waals surface area contributed by atoms with Crippen molar-refractivity contribution < 1.29 is 4.39 Å². The van der Waals surface area contributed by atoms with E-state index in [1.165, 1.54) is 17.7 Å². The maximum Gasteiger partial charge on any atom is 0.189 e. The number of rotatable bonds is 2. The minimum absolute atomic E-state index is 0.0515. The first-order chi connectivity index (χ1) is 11.1. The van der Waals surface area contributed by atoms with Gasteiger partial charge in [-0.2, -0.15) is 5.10 Å². The van der Waals surface area contributed by atoms with Crippen LogP contribution < -0.4 is 5.32 Å². The van der Waals surface area contributed by atoms with Crippen LogP contribution >= 0.6 is 12.2 Å². The zero-order valence-electron chi connectivity index (χ0n) is 13.1. The fourth-order valence-corrected chi connectivity index (χ4v) is 2.85. The normalized spacial score (nSPS) is 17.1. The molecule has 1 atom stereocenters. The van der Waals surface area contributed by atoms with Gasteiger partial charge in [-0.1, -0.05) is 42.0 Å². The zero-order valence-corrected chi connectivity index (χ0v) is 13.9. The van der Waals surface area contributed by atoms with Gasteiger partial charge in [0.25, 0.3) is 0 Å². The molecule has 1 heterocycles. The number of thiocarbonyl (C=S) groups is 1. The number of hydrogen-bond donors (Lipinski definition) is 1. The first-order valence-electron chi connectivity index (χ1n) is 7.49. The molecule has 2 aromatic rings. The summed E-state index contributed by atoms with van der Waals surface area (Å²) < 4.78 is 13.1. The van der Waals surface area contributed by atoms with E-state index in [9.17, 15) is 4.39 Å². The first-order valence-corrected chi connectivity index (χ1v) is 7.90. The SMILES string of the molecule is CNC(=S)N1N=C(c2ccc(F)cc2)CC1c1ccc(C)cc1. The molecule has 0 radical (unpaired) electrons. The number of nitrogens with zero attached hydrogens (tertiary/aromatic N) is 2. The standard InChI is InChI=1S/C18H18FN3S/c1-12-3-5-14(6-4-12)17-11-16(21-22(17)18(23)20-2)13-7-9-15(19)10-8-13/h3-10,17H,11H2,1-2H3,(H,20,23). The lowest BCUT2D eigenvalue weighted by molar-refractivity contribution is 0.366. The van der Waals surface area contributed by atoms with Crippen molar-refractivity contribution in [3.05, 3.63) is 71.0 Å². The number of hydrazone groups is 1. The van der Waals surface area contributed by atoms with E-state index in [0.29, 0.717) is 5.11 Å².